The Morgan fingerprint density at radius 2 is 1.68 bits per heavy atom. The first-order chi connectivity index (χ1) is 8.66. The van der Waals surface area contributed by atoms with Crippen molar-refractivity contribution >= 4 is 50.0 Å². The third-order valence-corrected chi connectivity index (χ3v) is 4.29. The second kappa shape index (κ2) is 10.0. The fraction of sp³-hybridized carbons (Fsp3) is 0.571. The van der Waals surface area contributed by atoms with Crippen molar-refractivity contribution in [2.45, 2.75) is 45.1 Å². The van der Waals surface area contributed by atoms with Crippen LogP contribution in [-0.2, 0) is 0 Å². The highest BCUT2D eigenvalue weighted by Crippen LogP contribution is 2.32. The number of nitrogens with one attached hydrogen (secondary N) is 1. The highest BCUT2D eigenvalue weighted by Gasteiger charge is 2.15. The summed E-state index contributed by atoms with van der Waals surface area (Å²) in [6, 6.07) is 4.93. The Morgan fingerprint density at radius 1 is 1.11 bits per heavy atom. The summed E-state index contributed by atoms with van der Waals surface area (Å²) >= 11 is 7.15. The summed E-state index contributed by atoms with van der Waals surface area (Å²) in [6.45, 7) is 2.15. The van der Waals surface area contributed by atoms with Crippen molar-refractivity contribution in [3.63, 3.8) is 0 Å². The quantitative estimate of drug-likeness (QED) is 0.693. The Bertz CT molecular complexity index is 357. The van der Waals surface area contributed by atoms with Crippen molar-refractivity contribution in [3.8, 4) is 0 Å². The molecule has 0 atom stereocenters. The van der Waals surface area contributed by atoms with E-state index in [1.807, 2.05) is 0 Å². The highest BCUT2D eigenvalue weighted by atomic mass is 79.9. The molecule has 1 aliphatic carbocycles. The largest absolute Gasteiger partial charge is 0.381 e. The van der Waals surface area contributed by atoms with Crippen LogP contribution < -0.4 is 11.1 Å². The second-order valence-electron chi connectivity index (χ2n) is 4.56. The number of benzene rings is 1. The van der Waals surface area contributed by atoms with Crippen molar-refractivity contribution in [1.82, 2.24) is 0 Å². The third kappa shape index (κ3) is 6.03. The van der Waals surface area contributed by atoms with E-state index >= 15 is 0 Å². The van der Waals surface area contributed by atoms with Gasteiger partial charge < -0.3 is 11.1 Å². The molecular formula is C14H23Br2ClN2. The van der Waals surface area contributed by atoms with E-state index in [4.69, 9.17) is 0 Å². The Morgan fingerprint density at radius 3 is 2.21 bits per heavy atom. The maximum absolute atomic E-state index is 4.50. The molecule has 1 aromatic carbocycles. The molecule has 0 unspecified atom stereocenters. The smallest absolute Gasteiger partial charge is 0.0517 e. The Kier molecular flexibility index (Phi) is 10.2. The lowest BCUT2D eigenvalue weighted by Gasteiger charge is -2.25. The van der Waals surface area contributed by atoms with E-state index in [0.717, 1.165) is 8.95 Å². The fourth-order valence-electron chi connectivity index (χ4n) is 2.34. The van der Waals surface area contributed by atoms with Gasteiger partial charge in [0.2, 0.25) is 0 Å². The molecule has 110 valence electrons. The molecule has 1 aromatic rings. The average Bonchev–Trinajstić information content (AvgIpc) is 2.37. The van der Waals surface area contributed by atoms with Gasteiger partial charge in [-0.05, 0) is 60.4 Å². The van der Waals surface area contributed by atoms with E-state index in [2.05, 4.69) is 62.0 Å². The molecule has 1 saturated carbocycles. The normalized spacial score (nSPS) is 15.0. The first kappa shape index (κ1) is 19.2. The predicted octanol–water partition coefficient (Wildman–Crippen LogP) is 5.26. The van der Waals surface area contributed by atoms with E-state index in [9.17, 15) is 0 Å². The van der Waals surface area contributed by atoms with Crippen molar-refractivity contribution in [2.75, 3.05) is 12.4 Å². The predicted molar refractivity (Wildman–Crippen MR) is 94.4 cm³/mol. The summed E-state index contributed by atoms with van der Waals surface area (Å²) in [4.78, 5) is 0. The lowest BCUT2D eigenvalue weighted by Crippen LogP contribution is -2.22. The number of anilines is 1. The van der Waals surface area contributed by atoms with Crippen molar-refractivity contribution < 1.29 is 0 Å². The second-order valence-corrected chi connectivity index (χ2v) is 6.33. The van der Waals surface area contributed by atoms with Gasteiger partial charge in [0.15, 0.2) is 0 Å². The fourth-order valence-corrected chi connectivity index (χ4v) is 3.89. The third-order valence-electron chi connectivity index (χ3n) is 3.21. The van der Waals surface area contributed by atoms with Crippen LogP contribution in [0.15, 0.2) is 21.1 Å². The van der Waals surface area contributed by atoms with Gasteiger partial charge in [0.05, 0.1) is 5.69 Å². The van der Waals surface area contributed by atoms with Crippen LogP contribution in [-0.4, -0.2) is 13.1 Å². The number of rotatable bonds is 2. The SMILES string of the molecule is CN.Cc1cc(Br)cc(Br)c1NC1CCCCC1.Cl. The van der Waals surface area contributed by atoms with E-state index in [0.29, 0.717) is 6.04 Å². The molecule has 0 bridgehead atoms. The van der Waals surface area contributed by atoms with Gasteiger partial charge >= 0.3 is 0 Å². The molecule has 2 nitrogen and oxygen atoms in total. The summed E-state index contributed by atoms with van der Waals surface area (Å²) in [5, 5.41) is 3.68. The monoisotopic (exact) mass is 412 g/mol. The molecule has 0 amide bonds. The van der Waals surface area contributed by atoms with E-state index in [1.54, 1.807) is 0 Å². The molecule has 0 saturated heterocycles. The van der Waals surface area contributed by atoms with Gasteiger partial charge in [-0.2, -0.15) is 0 Å². The van der Waals surface area contributed by atoms with Gasteiger partial charge in [0.25, 0.3) is 0 Å². The number of hydrogen-bond acceptors (Lipinski definition) is 2. The van der Waals surface area contributed by atoms with Crippen molar-refractivity contribution in [1.29, 1.82) is 0 Å². The molecule has 1 aliphatic rings. The van der Waals surface area contributed by atoms with Crippen LogP contribution in [0.2, 0.25) is 0 Å². The first-order valence-corrected chi connectivity index (χ1v) is 8.05. The summed E-state index contributed by atoms with van der Waals surface area (Å²) in [5.74, 6) is 0. The molecule has 0 aliphatic heterocycles. The molecular weight excluding hydrogens is 391 g/mol. The highest BCUT2D eigenvalue weighted by molar-refractivity contribution is 9.11. The molecule has 0 radical (unpaired) electrons. The zero-order valence-corrected chi connectivity index (χ0v) is 15.5. The minimum atomic E-state index is 0. The van der Waals surface area contributed by atoms with Gasteiger partial charge in [-0.3, -0.25) is 0 Å². The van der Waals surface area contributed by atoms with Gasteiger partial charge in [-0.1, -0.05) is 35.2 Å². The van der Waals surface area contributed by atoms with E-state index in [-0.39, 0.29) is 12.4 Å². The Labute approximate surface area is 139 Å². The van der Waals surface area contributed by atoms with Crippen molar-refractivity contribution in [2.24, 2.45) is 5.73 Å². The van der Waals surface area contributed by atoms with Crippen LogP contribution in [0.5, 0.6) is 0 Å². The number of aryl methyl sites for hydroxylation is 1. The number of nitrogens with two attached hydrogens (primary N) is 1. The molecule has 0 heterocycles. The van der Waals surface area contributed by atoms with Crippen molar-refractivity contribution in [3.05, 3.63) is 26.6 Å². The molecule has 0 spiro atoms. The minimum Gasteiger partial charge on any atom is -0.381 e. The topological polar surface area (TPSA) is 38.0 Å². The van der Waals surface area contributed by atoms with Crippen LogP contribution in [0.25, 0.3) is 0 Å². The van der Waals surface area contributed by atoms with Gasteiger partial charge in [-0.25, -0.2) is 0 Å². The lowest BCUT2D eigenvalue weighted by molar-refractivity contribution is 0.462. The van der Waals surface area contributed by atoms with Crippen LogP contribution in [0.1, 0.15) is 37.7 Å². The average molecular weight is 415 g/mol. The van der Waals surface area contributed by atoms with Gasteiger partial charge in [-0.15, -0.1) is 12.4 Å². The van der Waals surface area contributed by atoms with Crippen LogP contribution >= 0.6 is 44.3 Å². The molecule has 3 N–H and O–H groups in total. The number of halogens is 3. The Hall–Kier alpha value is 0.230. The molecule has 1 fully saturated rings. The maximum atomic E-state index is 4.50. The Balaban J connectivity index is 0.00000103. The molecule has 0 aromatic heterocycles. The summed E-state index contributed by atoms with van der Waals surface area (Å²) in [7, 11) is 1.50. The summed E-state index contributed by atoms with van der Waals surface area (Å²) < 4.78 is 2.29. The van der Waals surface area contributed by atoms with Crippen LogP contribution in [0, 0.1) is 6.92 Å². The van der Waals surface area contributed by atoms with Gasteiger partial charge in [0, 0.05) is 15.0 Å². The molecule has 2 rings (SSSR count). The summed E-state index contributed by atoms with van der Waals surface area (Å²) in [6.07, 6.45) is 6.75. The summed E-state index contributed by atoms with van der Waals surface area (Å²) in [5.41, 5.74) is 7.06. The standard InChI is InChI=1S/C13H17Br2N.CH5N.ClH/c1-9-7-10(14)8-12(15)13(9)16-11-5-3-2-4-6-11;1-2;/h7-8,11,16H,2-6H2,1H3;2H2,1H3;1H. The molecule has 19 heavy (non-hydrogen) atoms. The number of hydrogen-bond donors (Lipinski definition) is 2. The van der Waals surface area contributed by atoms with Crippen LogP contribution in [0.4, 0.5) is 5.69 Å². The van der Waals surface area contributed by atoms with Gasteiger partial charge in [0.1, 0.15) is 0 Å². The van der Waals surface area contributed by atoms with Crippen LogP contribution in [0.3, 0.4) is 0 Å². The van der Waals surface area contributed by atoms with E-state index in [1.165, 1.54) is 50.4 Å². The maximum Gasteiger partial charge on any atom is 0.0517 e. The van der Waals surface area contributed by atoms with E-state index < -0.39 is 0 Å². The zero-order valence-electron chi connectivity index (χ0n) is 11.5. The molecule has 5 heteroatoms. The lowest BCUT2D eigenvalue weighted by atomic mass is 9.95. The first-order valence-electron chi connectivity index (χ1n) is 6.47. The minimum absolute atomic E-state index is 0. The zero-order chi connectivity index (χ0) is 13.5.